The number of hydrogen-bond donors (Lipinski definition) is 2. The molecule has 5 nitrogen and oxygen atoms in total. The van der Waals surface area contributed by atoms with E-state index in [1.807, 2.05) is 6.92 Å². The van der Waals surface area contributed by atoms with Gasteiger partial charge in [-0.1, -0.05) is 11.8 Å². The highest BCUT2D eigenvalue weighted by Gasteiger charge is 2.13. The molecule has 1 rings (SSSR count). The van der Waals surface area contributed by atoms with Gasteiger partial charge in [-0.05, 0) is 19.5 Å². The van der Waals surface area contributed by atoms with Gasteiger partial charge in [0, 0.05) is 18.1 Å². The summed E-state index contributed by atoms with van der Waals surface area (Å²) >= 11 is 1.40. The first-order valence-electron chi connectivity index (χ1n) is 4.51. The molecule has 1 aromatic rings. The number of primary amides is 1. The maximum Gasteiger partial charge on any atom is 0.235 e. The molecule has 0 aliphatic heterocycles. The van der Waals surface area contributed by atoms with E-state index in [2.05, 4.69) is 15.3 Å². The molecule has 6 heteroatoms. The highest BCUT2D eigenvalue weighted by atomic mass is 32.2. The van der Waals surface area contributed by atoms with E-state index in [0.29, 0.717) is 10.9 Å². The van der Waals surface area contributed by atoms with Gasteiger partial charge in [-0.25, -0.2) is 9.97 Å². The van der Waals surface area contributed by atoms with E-state index in [0.717, 1.165) is 5.56 Å². The molecular weight excluding hydrogens is 212 g/mol. The number of nitrogens with two attached hydrogens (primary N) is 1. The minimum atomic E-state index is -0.364. The van der Waals surface area contributed by atoms with Crippen LogP contribution in [0.15, 0.2) is 17.6 Å². The summed E-state index contributed by atoms with van der Waals surface area (Å²) in [6.07, 6.45) is 3.49. The summed E-state index contributed by atoms with van der Waals surface area (Å²) in [5.41, 5.74) is 6.19. The van der Waals surface area contributed by atoms with E-state index in [1.165, 1.54) is 11.8 Å². The molecule has 0 fully saturated rings. The van der Waals surface area contributed by atoms with Gasteiger partial charge in [-0.15, -0.1) is 0 Å². The van der Waals surface area contributed by atoms with Gasteiger partial charge in [0.15, 0.2) is 5.16 Å². The lowest BCUT2D eigenvalue weighted by Crippen LogP contribution is -2.41. The van der Waals surface area contributed by atoms with Crippen LogP contribution in [-0.4, -0.2) is 34.7 Å². The van der Waals surface area contributed by atoms with Crippen LogP contribution < -0.4 is 11.1 Å². The Kier molecular flexibility index (Phi) is 4.51. The van der Waals surface area contributed by atoms with Gasteiger partial charge >= 0.3 is 0 Å². The average Bonchev–Trinajstić information content (AvgIpc) is 2.21. The molecule has 0 aliphatic carbocycles. The van der Waals surface area contributed by atoms with Gasteiger partial charge < -0.3 is 11.1 Å². The topological polar surface area (TPSA) is 80.9 Å². The number of amides is 1. The summed E-state index contributed by atoms with van der Waals surface area (Å²) in [4.78, 5) is 19.1. The summed E-state index contributed by atoms with van der Waals surface area (Å²) in [7, 11) is 1.70. The number of thioether (sulfide) groups is 1. The lowest BCUT2D eigenvalue weighted by atomic mass is 10.3. The molecule has 0 aromatic carbocycles. The minimum Gasteiger partial charge on any atom is -0.368 e. The Labute approximate surface area is 92.9 Å². The van der Waals surface area contributed by atoms with Gasteiger partial charge in [-0.3, -0.25) is 4.79 Å². The van der Waals surface area contributed by atoms with Crippen LogP contribution in [0.1, 0.15) is 5.56 Å². The zero-order chi connectivity index (χ0) is 11.3. The minimum absolute atomic E-state index is 0.347. The Morgan fingerprint density at radius 2 is 2.20 bits per heavy atom. The Bertz CT molecular complexity index is 327. The van der Waals surface area contributed by atoms with Crippen LogP contribution in [0.4, 0.5) is 0 Å². The zero-order valence-electron chi connectivity index (χ0n) is 8.73. The molecule has 1 heterocycles. The SMILES string of the molecule is CNC(CSc1ncc(C)cn1)C(N)=O. The smallest absolute Gasteiger partial charge is 0.235 e. The van der Waals surface area contributed by atoms with Crippen LogP contribution in [0.2, 0.25) is 0 Å². The quantitative estimate of drug-likeness (QED) is 0.543. The first-order valence-corrected chi connectivity index (χ1v) is 5.50. The summed E-state index contributed by atoms with van der Waals surface area (Å²) in [6.45, 7) is 1.92. The van der Waals surface area contributed by atoms with Crippen molar-refractivity contribution in [3.05, 3.63) is 18.0 Å². The van der Waals surface area contributed by atoms with Crippen molar-refractivity contribution in [2.75, 3.05) is 12.8 Å². The Hall–Kier alpha value is -1.14. The second-order valence-corrected chi connectivity index (χ2v) is 4.08. The largest absolute Gasteiger partial charge is 0.368 e. The molecule has 0 saturated carbocycles. The van der Waals surface area contributed by atoms with Crippen LogP contribution in [0.5, 0.6) is 0 Å². The molecule has 0 spiro atoms. The Morgan fingerprint density at radius 1 is 1.60 bits per heavy atom. The highest BCUT2D eigenvalue weighted by molar-refractivity contribution is 7.99. The molecule has 0 bridgehead atoms. The fourth-order valence-corrected chi connectivity index (χ4v) is 1.82. The molecule has 15 heavy (non-hydrogen) atoms. The molecule has 1 aromatic heterocycles. The van der Waals surface area contributed by atoms with E-state index in [9.17, 15) is 4.79 Å². The van der Waals surface area contributed by atoms with Crippen molar-refractivity contribution in [3.63, 3.8) is 0 Å². The predicted octanol–water partition coefficient (Wildman–Crippen LogP) is -0.0496. The van der Waals surface area contributed by atoms with E-state index >= 15 is 0 Å². The number of nitrogens with one attached hydrogen (secondary N) is 1. The van der Waals surface area contributed by atoms with Crippen molar-refractivity contribution >= 4 is 17.7 Å². The van der Waals surface area contributed by atoms with Crippen LogP contribution in [0.25, 0.3) is 0 Å². The highest BCUT2D eigenvalue weighted by Crippen LogP contribution is 2.12. The number of nitrogens with zero attached hydrogens (tertiary/aromatic N) is 2. The van der Waals surface area contributed by atoms with E-state index in [1.54, 1.807) is 19.4 Å². The summed E-state index contributed by atoms with van der Waals surface area (Å²) < 4.78 is 0. The first-order chi connectivity index (χ1) is 7.13. The van der Waals surface area contributed by atoms with Crippen molar-refractivity contribution < 1.29 is 4.79 Å². The molecular formula is C9H14N4OS. The van der Waals surface area contributed by atoms with Crippen molar-refractivity contribution in [3.8, 4) is 0 Å². The van der Waals surface area contributed by atoms with Crippen LogP contribution in [0.3, 0.4) is 0 Å². The van der Waals surface area contributed by atoms with Gasteiger partial charge in [-0.2, -0.15) is 0 Å². The van der Waals surface area contributed by atoms with Crippen molar-refractivity contribution in [1.82, 2.24) is 15.3 Å². The molecule has 1 unspecified atom stereocenters. The number of carbonyl (C=O) groups excluding carboxylic acids is 1. The number of carbonyl (C=O) groups is 1. The number of aryl methyl sites for hydroxylation is 1. The predicted molar refractivity (Wildman–Crippen MR) is 59.5 cm³/mol. The lowest BCUT2D eigenvalue weighted by molar-refractivity contribution is -0.119. The summed E-state index contributed by atoms with van der Waals surface area (Å²) in [5, 5.41) is 3.49. The fraction of sp³-hybridized carbons (Fsp3) is 0.444. The number of rotatable bonds is 5. The third-order valence-electron chi connectivity index (χ3n) is 1.83. The summed E-state index contributed by atoms with van der Waals surface area (Å²) in [5.74, 6) is 0.173. The normalized spacial score (nSPS) is 12.4. The molecule has 3 N–H and O–H groups in total. The number of hydrogen-bond acceptors (Lipinski definition) is 5. The van der Waals surface area contributed by atoms with Gasteiger partial charge in [0.05, 0.1) is 6.04 Å². The van der Waals surface area contributed by atoms with Gasteiger partial charge in [0.25, 0.3) is 0 Å². The van der Waals surface area contributed by atoms with E-state index in [4.69, 9.17) is 5.73 Å². The van der Waals surface area contributed by atoms with Crippen LogP contribution >= 0.6 is 11.8 Å². The maximum absolute atomic E-state index is 10.9. The molecule has 1 amide bonds. The van der Waals surface area contributed by atoms with Gasteiger partial charge in [0.2, 0.25) is 5.91 Å². The molecule has 0 saturated heterocycles. The lowest BCUT2D eigenvalue weighted by Gasteiger charge is -2.10. The third-order valence-corrected chi connectivity index (χ3v) is 2.80. The standard InChI is InChI=1S/C9H14N4OS/c1-6-3-12-9(13-4-6)15-5-7(11-2)8(10)14/h3-4,7,11H,5H2,1-2H3,(H2,10,14). The molecule has 0 radical (unpaired) electrons. The summed E-state index contributed by atoms with van der Waals surface area (Å²) in [6, 6.07) is -0.347. The van der Waals surface area contributed by atoms with Crippen molar-refractivity contribution in [2.45, 2.75) is 18.1 Å². The first kappa shape index (κ1) is 11.9. The monoisotopic (exact) mass is 226 g/mol. The Balaban J connectivity index is 2.49. The second kappa shape index (κ2) is 5.67. The molecule has 1 atom stereocenters. The van der Waals surface area contributed by atoms with Crippen LogP contribution in [-0.2, 0) is 4.79 Å². The fourth-order valence-electron chi connectivity index (χ4n) is 0.921. The zero-order valence-corrected chi connectivity index (χ0v) is 9.54. The number of aromatic nitrogens is 2. The second-order valence-electron chi connectivity index (χ2n) is 3.10. The maximum atomic E-state index is 10.9. The van der Waals surface area contributed by atoms with Gasteiger partial charge in [0.1, 0.15) is 0 Å². The average molecular weight is 226 g/mol. The van der Waals surface area contributed by atoms with Crippen LogP contribution in [0, 0.1) is 6.92 Å². The Morgan fingerprint density at radius 3 is 2.67 bits per heavy atom. The van der Waals surface area contributed by atoms with E-state index < -0.39 is 0 Å². The van der Waals surface area contributed by atoms with E-state index in [-0.39, 0.29) is 11.9 Å². The van der Waals surface area contributed by atoms with Crippen molar-refractivity contribution in [2.24, 2.45) is 5.73 Å². The van der Waals surface area contributed by atoms with Crippen molar-refractivity contribution in [1.29, 1.82) is 0 Å². The third kappa shape index (κ3) is 3.85. The molecule has 82 valence electrons. The number of likely N-dealkylation sites (N-methyl/N-ethyl adjacent to an activating group) is 1. The molecule has 0 aliphatic rings.